The number of carbonyl (C=O) groups excluding carboxylic acids is 1. The molecule has 6 nitrogen and oxygen atoms in total. The lowest BCUT2D eigenvalue weighted by atomic mass is 10.1. The van der Waals surface area contributed by atoms with E-state index in [1.807, 2.05) is 23.6 Å². The number of hydrogen-bond donors (Lipinski definition) is 2. The number of hydrogen-bond acceptors (Lipinski definition) is 5. The third-order valence-corrected chi connectivity index (χ3v) is 6.65. The molecule has 8 heteroatoms. The quantitative estimate of drug-likeness (QED) is 0.667. The Morgan fingerprint density at radius 3 is 2.78 bits per heavy atom. The highest BCUT2D eigenvalue weighted by molar-refractivity contribution is 7.89. The number of sulfonamides is 1. The molecule has 0 bridgehead atoms. The molecule has 2 aromatic carbocycles. The van der Waals surface area contributed by atoms with E-state index in [-0.39, 0.29) is 17.3 Å². The zero-order valence-electron chi connectivity index (χ0n) is 14.3. The number of thiazole rings is 1. The van der Waals surface area contributed by atoms with Crippen LogP contribution in [-0.4, -0.2) is 25.9 Å². The third kappa shape index (κ3) is 3.92. The van der Waals surface area contributed by atoms with E-state index in [4.69, 9.17) is 0 Å². The largest absolute Gasteiger partial charge is 0.326 e. The normalized spacial score (nSPS) is 13.4. The van der Waals surface area contributed by atoms with Gasteiger partial charge < -0.3 is 5.32 Å². The summed E-state index contributed by atoms with van der Waals surface area (Å²) >= 11 is 1.50. The molecule has 2 heterocycles. The van der Waals surface area contributed by atoms with Crippen LogP contribution in [0.3, 0.4) is 0 Å². The number of nitrogens with zero attached hydrogens (tertiary/aromatic N) is 1. The Balaban J connectivity index is 1.41. The highest BCUT2D eigenvalue weighted by Crippen LogP contribution is 2.29. The number of nitrogens with one attached hydrogen (secondary N) is 2. The first-order valence-electron chi connectivity index (χ1n) is 8.43. The summed E-state index contributed by atoms with van der Waals surface area (Å²) in [5.41, 5.74) is 3.62. The molecule has 1 aliphatic heterocycles. The lowest BCUT2D eigenvalue weighted by Gasteiger charge is -2.05. The first-order chi connectivity index (χ1) is 13.0. The van der Waals surface area contributed by atoms with E-state index in [9.17, 15) is 13.2 Å². The Morgan fingerprint density at radius 1 is 1.15 bits per heavy atom. The summed E-state index contributed by atoms with van der Waals surface area (Å²) in [5, 5.41) is 5.62. The van der Waals surface area contributed by atoms with Gasteiger partial charge in [-0.2, -0.15) is 0 Å². The fraction of sp³-hybridized carbons (Fsp3) is 0.158. The molecular weight excluding hydrogens is 382 g/mol. The molecule has 3 aromatic rings. The smallest absolute Gasteiger partial charge is 0.240 e. The monoisotopic (exact) mass is 399 g/mol. The average Bonchev–Trinajstić information content (AvgIpc) is 3.27. The standard InChI is InChI=1S/C19H17N3O3S2/c23-18-11-14-10-13(6-7-16(14)21-18)17-12-26-19(22-17)8-9-20-27(24,25)15-4-2-1-3-5-15/h1-7,10,12,20H,8-9,11H2,(H,21,23). The molecule has 1 amide bonds. The van der Waals surface area contributed by atoms with Gasteiger partial charge in [0.05, 0.1) is 22.0 Å². The number of aromatic nitrogens is 1. The van der Waals surface area contributed by atoms with E-state index in [2.05, 4.69) is 15.0 Å². The minimum absolute atomic E-state index is 0.00631. The second-order valence-corrected chi connectivity index (χ2v) is 8.89. The molecule has 0 radical (unpaired) electrons. The van der Waals surface area contributed by atoms with E-state index in [1.165, 1.54) is 11.3 Å². The van der Waals surface area contributed by atoms with E-state index in [0.29, 0.717) is 12.8 Å². The van der Waals surface area contributed by atoms with Gasteiger partial charge in [0.25, 0.3) is 0 Å². The van der Waals surface area contributed by atoms with Gasteiger partial charge >= 0.3 is 0 Å². The SMILES string of the molecule is O=C1Cc2cc(-c3csc(CCNS(=O)(=O)c4ccccc4)n3)ccc2N1. The van der Waals surface area contributed by atoms with Crippen molar-refractivity contribution in [2.24, 2.45) is 0 Å². The van der Waals surface area contributed by atoms with Gasteiger partial charge in [-0.1, -0.05) is 24.3 Å². The fourth-order valence-corrected chi connectivity index (χ4v) is 4.78. The number of amides is 1. The van der Waals surface area contributed by atoms with Gasteiger partial charge in [0.1, 0.15) is 0 Å². The molecule has 0 fully saturated rings. The number of benzene rings is 2. The van der Waals surface area contributed by atoms with Crippen molar-refractivity contribution >= 4 is 33.0 Å². The zero-order valence-corrected chi connectivity index (χ0v) is 15.9. The summed E-state index contributed by atoms with van der Waals surface area (Å²) in [4.78, 5) is 16.3. The third-order valence-electron chi connectivity index (χ3n) is 4.26. The molecule has 0 saturated heterocycles. The van der Waals surface area contributed by atoms with Crippen LogP contribution in [0.25, 0.3) is 11.3 Å². The summed E-state index contributed by atoms with van der Waals surface area (Å²) in [7, 11) is -3.50. The van der Waals surface area contributed by atoms with Crippen molar-refractivity contribution in [3.8, 4) is 11.3 Å². The van der Waals surface area contributed by atoms with Crippen molar-refractivity contribution in [1.29, 1.82) is 0 Å². The van der Waals surface area contributed by atoms with E-state index >= 15 is 0 Å². The highest BCUT2D eigenvalue weighted by Gasteiger charge is 2.18. The highest BCUT2D eigenvalue weighted by atomic mass is 32.2. The van der Waals surface area contributed by atoms with Gasteiger partial charge in [0, 0.05) is 29.6 Å². The predicted molar refractivity (Wildman–Crippen MR) is 105 cm³/mol. The molecule has 2 N–H and O–H groups in total. The Hall–Kier alpha value is -2.55. The van der Waals surface area contributed by atoms with Crippen LogP contribution < -0.4 is 10.0 Å². The summed E-state index contributed by atoms with van der Waals surface area (Å²) in [6, 6.07) is 14.1. The summed E-state index contributed by atoms with van der Waals surface area (Å²) < 4.78 is 27.0. The minimum atomic E-state index is -3.50. The molecule has 0 atom stereocenters. The molecule has 0 aliphatic carbocycles. The molecule has 0 spiro atoms. The van der Waals surface area contributed by atoms with E-state index in [0.717, 1.165) is 27.5 Å². The van der Waals surface area contributed by atoms with Gasteiger partial charge in [0.2, 0.25) is 15.9 Å². The lowest BCUT2D eigenvalue weighted by Crippen LogP contribution is -2.25. The summed E-state index contributed by atoms with van der Waals surface area (Å²) in [6.45, 7) is 0.285. The van der Waals surface area contributed by atoms with Crippen molar-refractivity contribution in [2.45, 2.75) is 17.7 Å². The first kappa shape index (κ1) is 17.8. The Kier molecular flexibility index (Phi) is 4.77. The average molecular weight is 399 g/mol. The number of rotatable bonds is 6. The van der Waals surface area contributed by atoms with Crippen LogP contribution in [0.4, 0.5) is 5.69 Å². The van der Waals surface area contributed by atoms with Crippen molar-refractivity contribution in [2.75, 3.05) is 11.9 Å². The maximum Gasteiger partial charge on any atom is 0.240 e. The van der Waals surface area contributed by atoms with Crippen LogP contribution in [0.5, 0.6) is 0 Å². The molecule has 4 rings (SSSR count). The van der Waals surface area contributed by atoms with Crippen LogP contribution >= 0.6 is 11.3 Å². The molecule has 27 heavy (non-hydrogen) atoms. The molecule has 0 unspecified atom stereocenters. The molecule has 138 valence electrons. The molecule has 1 aromatic heterocycles. The van der Waals surface area contributed by atoms with Crippen LogP contribution in [-0.2, 0) is 27.7 Å². The second-order valence-electron chi connectivity index (χ2n) is 6.18. The second kappa shape index (κ2) is 7.22. The van der Waals surface area contributed by atoms with Gasteiger partial charge in [-0.15, -0.1) is 11.3 Å². The van der Waals surface area contributed by atoms with Crippen molar-refractivity contribution < 1.29 is 13.2 Å². The number of carbonyl (C=O) groups is 1. The topological polar surface area (TPSA) is 88.2 Å². The maximum atomic E-state index is 12.2. The molecule has 1 aliphatic rings. The predicted octanol–water partition coefficient (Wildman–Crippen LogP) is 2.83. The van der Waals surface area contributed by atoms with E-state index in [1.54, 1.807) is 30.3 Å². The van der Waals surface area contributed by atoms with Gasteiger partial charge in [-0.3, -0.25) is 4.79 Å². The fourth-order valence-electron chi connectivity index (χ4n) is 2.92. The van der Waals surface area contributed by atoms with Gasteiger partial charge in [0.15, 0.2) is 0 Å². The number of fused-ring (bicyclic) bond motifs is 1. The Morgan fingerprint density at radius 2 is 1.96 bits per heavy atom. The van der Waals surface area contributed by atoms with Crippen LogP contribution in [0, 0.1) is 0 Å². The van der Waals surface area contributed by atoms with Crippen LogP contribution in [0.2, 0.25) is 0 Å². The Bertz CT molecular complexity index is 1090. The first-order valence-corrected chi connectivity index (χ1v) is 10.8. The lowest BCUT2D eigenvalue weighted by molar-refractivity contribution is -0.115. The Labute approximate surface area is 161 Å². The van der Waals surface area contributed by atoms with Crippen LogP contribution in [0.1, 0.15) is 10.6 Å². The van der Waals surface area contributed by atoms with Crippen LogP contribution in [0.15, 0.2) is 58.8 Å². The molecule has 0 saturated carbocycles. The van der Waals surface area contributed by atoms with Crippen molar-refractivity contribution in [3.05, 3.63) is 64.5 Å². The van der Waals surface area contributed by atoms with Crippen molar-refractivity contribution in [3.63, 3.8) is 0 Å². The zero-order chi connectivity index (χ0) is 18.9. The van der Waals surface area contributed by atoms with E-state index < -0.39 is 10.0 Å². The van der Waals surface area contributed by atoms with Gasteiger partial charge in [-0.05, 0) is 29.8 Å². The minimum Gasteiger partial charge on any atom is -0.326 e. The summed E-state index contributed by atoms with van der Waals surface area (Å²) in [5.74, 6) is 0.00631. The van der Waals surface area contributed by atoms with Crippen molar-refractivity contribution in [1.82, 2.24) is 9.71 Å². The number of anilines is 1. The molecular formula is C19H17N3O3S2. The maximum absolute atomic E-state index is 12.2. The van der Waals surface area contributed by atoms with Gasteiger partial charge in [-0.25, -0.2) is 18.1 Å². The summed E-state index contributed by atoms with van der Waals surface area (Å²) in [6.07, 6.45) is 0.906.